The normalized spacial score (nSPS) is 10.8. The van der Waals surface area contributed by atoms with Gasteiger partial charge in [0.15, 0.2) is 0 Å². The van der Waals surface area contributed by atoms with Gasteiger partial charge in [-0.25, -0.2) is 4.98 Å². The average Bonchev–Trinajstić information content (AvgIpc) is 2.88. The van der Waals surface area contributed by atoms with Crippen molar-refractivity contribution >= 4 is 11.3 Å². The molecule has 108 valence electrons. The number of ether oxygens (including phenoxy) is 2. The molecule has 0 saturated heterocycles. The number of nitrogens with zero attached hydrogens (tertiary/aromatic N) is 1. The van der Waals surface area contributed by atoms with Crippen LogP contribution in [0.4, 0.5) is 0 Å². The van der Waals surface area contributed by atoms with Crippen molar-refractivity contribution < 1.29 is 14.6 Å². The summed E-state index contributed by atoms with van der Waals surface area (Å²) in [6, 6.07) is 8.06. The Morgan fingerprint density at radius 3 is 2.55 bits per heavy atom. The van der Waals surface area contributed by atoms with Gasteiger partial charge in [-0.05, 0) is 24.1 Å². The van der Waals surface area contributed by atoms with Gasteiger partial charge in [0.2, 0.25) is 0 Å². The van der Waals surface area contributed by atoms with Gasteiger partial charge in [0.1, 0.15) is 17.4 Å². The monoisotopic (exact) mass is 293 g/mol. The number of methoxy groups -OCH3 is 1. The number of thiazole rings is 1. The van der Waals surface area contributed by atoms with Crippen LogP contribution in [0.25, 0.3) is 0 Å². The van der Waals surface area contributed by atoms with E-state index in [0.717, 1.165) is 27.7 Å². The number of aliphatic hydroxyl groups is 1. The lowest BCUT2D eigenvalue weighted by Crippen LogP contribution is -1.96. The van der Waals surface area contributed by atoms with Crippen LogP contribution in [-0.2, 0) is 31.0 Å². The van der Waals surface area contributed by atoms with Crippen LogP contribution in [0.3, 0.4) is 0 Å². The Morgan fingerprint density at radius 2 is 1.95 bits per heavy atom. The molecule has 0 saturated carbocycles. The smallest absolute Gasteiger partial charge is 0.140 e. The summed E-state index contributed by atoms with van der Waals surface area (Å²) in [6.45, 7) is 2.94. The van der Waals surface area contributed by atoms with E-state index >= 15 is 0 Å². The van der Waals surface area contributed by atoms with E-state index in [1.807, 2.05) is 12.1 Å². The first kappa shape index (κ1) is 15.0. The van der Waals surface area contributed by atoms with Crippen molar-refractivity contribution in [1.29, 1.82) is 0 Å². The zero-order valence-corrected chi connectivity index (χ0v) is 12.6. The molecule has 1 aromatic carbocycles. The lowest BCUT2D eigenvalue weighted by Gasteiger charge is -2.04. The molecule has 0 spiro atoms. The molecule has 2 aromatic rings. The van der Waals surface area contributed by atoms with Crippen molar-refractivity contribution in [2.75, 3.05) is 7.11 Å². The second-order valence-corrected chi connectivity index (χ2v) is 5.52. The SMILES string of the molecule is CCc1ccc(OCc2nc(COC)c(CO)s2)cc1. The summed E-state index contributed by atoms with van der Waals surface area (Å²) in [7, 11) is 1.62. The zero-order chi connectivity index (χ0) is 14.4. The van der Waals surface area contributed by atoms with Gasteiger partial charge >= 0.3 is 0 Å². The molecule has 0 aliphatic carbocycles. The van der Waals surface area contributed by atoms with Gasteiger partial charge in [0.25, 0.3) is 0 Å². The maximum atomic E-state index is 9.28. The summed E-state index contributed by atoms with van der Waals surface area (Å²) < 4.78 is 10.8. The van der Waals surface area contributed by atoms with Crippen LogP contribution in [-0.4, -0.2) is 17.2 Å². The van der Waals surface area contributed by atoms with Gasteiger partial charge in [-0.1, -0.05) is 19.1 Å². The van der Waals surface area contributed by atoms with E-state index in [4.69, 9.17) is 9.47 Å². The van der Waals surface area contributed by atoms with Crippen LogP contribution in [0.1, 0.15) is 28.1 Å². The molecule has 1 heterocycles. The first-order chi connectivity index (χ1) is 9.76. The molecule has 0 aliphatic heterocycles. The highest BCUT2D eigenvalue weighted by Crippen LogP contribution is 2.21. The highest BCUT2D eigenvalue weighted by atomic mass is 32.1. The third-order valence-electron chi connectivity index (χ3n) is 2.94. The van der Waals surface area contributed by atoms with Crippen molar-refractivity contribution in [2.45, 2.75) is 33.2 Å². The van der Waals surface area contributed by atoms with E-state index in [2.05, 4.69) is 24.0 Å². The van der Waals surface area contributed by atoms with Crippen LogP contribution in [0.5, 0.6) is 5.75 Å². The summed E-state index contributed by atoms with van der Waals surface area (Å²) in [6.07, 6.45) is 1.02. The molecule has 0 radical (unpaired) electrons. The summed E-state index contributed by atoms with van der Waals surface area (Å²) in [5.41, 5.74) is 2.08. The van der Waals surface area contributed by atoms with Crippen molar-refractivity contribution in [2.24, 2.45) is 0 Å². The fourth-order valence-electron chi connectivity index (χ4n) is 1.84. The van der Waals surface area contributed by atoms with Gasteiger partial charge in [0, 0.05) is 7.11 Å². The zero-order valence-electron chi connectivity index (χ0n) is 11.8. The molecule has 0 unspecified atom stereocenters. The molecule has 20 heavy (non-hydrogen) atoms. The highest BCUT2D eigenvalue weighted by Gasteiger charge is 2.10. The molecule has 0 amide bonds. The van der Waals surface area contributed by atoms with Crippen molar-refractivity contribution in [3.05, 3.63) is 45.4 Å². The summed E-state index contributed by atoms with van der Waals surface area (Å²) in [5, 5.41) is 10.1. The molecule has 5 heteroatoms. The van der Waals surface area contributed by atoms with Crippen molar-refractivity contribution in [3.8, 4) is 5.75 Å². The Kier molecular flexibility index (Phi) is 5.52. The summed E-state index contributed by atoms with van der Waals surface area (Å²) >= 11 is 1.46. The summed E-state index contributed by atoms with van der Waals surface area (Å²) in [5.74, 6) is 0.830. The number of hydrogen-bond donors (Lipinski definition) is 1. The van der Waals surface area contributed by atoms with Crippen molar-refractivity contribution in [3.63, 3.8) is 0 Å². The van der Waals surface area contributed by atoms with Gasteiger partial charge < -0.3 is 14.6 Å². The number of rotatable bonds is 7. The largest absolute Gasteiger partial charge is 0.486 e. The molecule has 4 nitrogen and oxygen atoms in total. The number of aliphatic hydroxyl groups excluding tert-OH is 1. The molecular formula is C15H19NO3S. The third-order valence-corrected chi connectivity index (χ3v) is 4.00. The van der Waals surface area contributed by atoms with E-state index < -0.39 is 0 Å². The fraction of sp³-hybridized carbons (Fsp3) is 0.400. The minimum absolute atomic E-state index is 0.0123. The average molecular weight is 293 g/mol. The first-order valence-corrected chi connectivity index (χ1v) is 7.37. The Morgan fingerprint density at radius 1 is 1.20 bits per heavy atom. The van der Waals surface area contributed by atoms with Gasteiger partial charge in [-0.2, -0.15) is 0 Å². The Hall–Kier alpha value is -1.43. The van der Waals surface area contributed by atoms with Gasteiger partial charge in [0.05, 0.1) is 23.8 Å². The van der Waals surface area contributed by atoms with Crippen LogP contribution in [0.2, 0.25) is 0 Å². The minimum Gasteiger partial charge on any atom is -0.486 e. The lowest BCUT2D eigenvalue weighted by molar-refractivity contribution is 0.178. The number of hydrogen-bond acceptors (Lipinski definition) is 5. The molecule has 0 atom stereocenters. The van der Waals surface area contributed by atoms with Crippen LogP contribution in [0.15, 0.2) is 24.3 Å². The Labute approximate surface area is 123 Å². The predicted octanol–water partition coefficient (Wildman–Crippen LogP) is 2.92. The predicted molar refractivity (Wildman–Crippen MR) is 78.9 cm³/mol. The molecular weight excluding hydrogens is 274 g/mol. The molecule has 2 rings (SSSR count). The molecule has 0 bridgehead atoms. The molecule has 1 N–H and O–H groups in total. The second kappa shape index (κ2) is 7.38. The Bertz CT molecular complexity index is 537. The number of benzene rings is 1. The van der Waals surface area contributed by atoms with Gasteiger partial charge in [-0.3, -0.25) is 0 Å². The quantitative estimate of drug-likeness (QED) is 0.853. The lowest BCUT2D eigenvalue weighted by atomic mass is 10.2. The maximum absolute atomic E-state index is 9.28. The number of aromatic nitrogens is 1. The highest BCUT2D eigenvalue weighted by molar-refractivity contribution is 7.11. The molecule has 1 aromatic heterocycles. The molecule has 0 aliphatic rings. The first-order valence-electron chi connectivity index (χ1n) is 6.55. The third kappa shape index (κ3) is 3.79. The van der Waals surface area contributed by atoms with E-state index in [1.54, 1.807) is 7.11 Å². The van der Waals surface area contributed by atoms with Crippen LogP contribution >= 0.6 is 11.3 Å². The van der Waals surface area contributed by atoms with E-state index in [1.165, 1.54) is 16.9 Å². The van der Waals surface area contributed by atoms with E-state index in [-0.39, 0.29) is 6.61 Å². The van der Waals surface area contributed by atoms with Gasteiger partial charge in [-0.15, -0.1) is 11.3 Å². The molecule has 0 fully saturated rings. The number of aryl methyl sites for hydroxylation is 1. The standard InChI is InChI=1S/C15H19NO3S/c1-3-11-4-6-12(7-5-11)19-10-15-16-13(9-18-2)14(8-17)20-15/h4-7,17H,3,8-10H2,1-2H3. The second-order valence-electron chi connectivity index (χ2n) is 4.35. The van der Waals surface area contributed by atoms with E-state index in [0.29, 0.717) is 13.2 Å². The van der Waals surface area contributed by atoms with Crippen LogP contribution < -0.4 is 4.74 Å². The maximum Gasteiger partial charge on any atom is 0.140 e. The van der Waals surface area contributed by atoms with E-state index in [9.17, 15) is 5.11 Å². The fourth-order valence-corrected chi connectivity index (χ4v) is 2.68. The topological polar surface area (TPSA) is 51.6 Å². The van der Waals surface area contributed by atoms with Crippen molar-refractivity contribution in [1.82, 2.24) is 4.98 Å². The Balaban J connectivity index is 1.99. The van der Waals surface area contributed by atoms with Crippen LogP contribution in [0, 0.1) is 0 Å². The minimum atomic E-state index is -0.0123. The summed E-state index contributed by atoms with van der Waals surface area (Å²) in [4.78, 5) is 5.27.